The van der Waals surface area contributed by atoms with Crippen molar-refractivity contribution in [2.24, 2.45) is 5.92 Å². The van der Waals surface area contributed by atoms with Gasteiger partial charge >= 0.3 is 5.97 Å². The van der Waals surface area contributed by atoms with E-state index in [0.29, 0.717) is 16.1 Å². The lowest BCUT2D eigenvalue weighted by Gasteiger charge is -2.30. The number of nitro groups is 1. The fraction of sp³-hybridized carbons (Fsp3) is 0.421. The summed E-state index contributed by atoms with van der Waals surface area (Å²) in [6.45, 7) is 3.42. The number of anilines is 1. The molecule has 0 aliphatic carbocycles. The molecule has 2 heterocycles. The third-order valence-corrected chi connectivity index (χ3v) is 8.32. The number of hydrogen-bond donors (Lipinski definition) is 1. The zero-order valence-corrected chi connectivity index (χ0v) is 19.3. The van der Waals surface area contributed by atoms with E-state index in [-0.39, 0.29) is 47.6 Å². The second kappa shape index (κ2) is 9.30. The first-order valence-corrected chi connectivity index (χ1v) is 11.9. The first-order chi connectivity index (χ1) is 15.0. The van der Waals surface area contributed by atoms with Crippen LogP contribution < -0.4 is 5.32 Å². The van der Waals surface area contributed by atoms with Crippen molar-refractivity contribution in [1.82, 2.24) is 9.29 Å². The van der Waals surface area contributed by atoms with Gasteiger partial charge in [-0.15, -0.1) is 0 Å². The number of non-ortho nitro benzene ring substituents is 1. The summed E-state index contributed by atoms with van der Waals surface area (Å²) in [6.07, 6.45) is 0.570. The number of nitro benzene ring substituents is 1. The highest BCUT2D eigenvalue weighted by Crippen LogP contribution is 2.29. The number of amides is 1. The zero-order valence-electron chi connectivity index (χ0n) is 17.7. The second-order valence-electron chi connectivity index (χ2n) is 7.30. The molecule has 1 saturated heterocycles. The molecule has 1 N–H and O–H groups in total. The fourth-order valence-electron chi connectivity index (χ4n) is 3.42. The maximum atomic E-state index is 13.0. The van der Waals surface area contributed by atoms with Gasteiger partial charge in [0.1, 0.15) is 4.88 Å². The number of thiazole rings is 1. The van der Waals surface area contributed by atoms with E-state index in [4.69, 9.17) is 0 Å². The molecule has 13 heteroatoms. The van der Waals surface area contributed by atoms with Gasteiger partial charge in [0.15, 0.2) is 5.13 Å². The quantitative estimate of drug-likeness (QED) is 0.375. The summed E-state index contributed by atoms with van der Waals surface area (Å²) in [7, 11) is -2.68. The van der Waals surface area contributed by atoms with Gasteiger partial charge in [0.2, 0.25) is 15.9 Å². The number of hydrogen-bond acceptors (Lipinski definition) is 9. The minimum atomic E-state index is -3.94. The SMILES string of the molecule is COC(=O)c1sc(NC(=O)C2CCN(S(=O)(=O)c3cc([N+](=O)[O-])ccc3C)CC2)nc1C. The molecule has 0 saturated carbocycles. The number of piperidine rings is 1. The number of aryl methyl sites for hydroxylation is 2. The molecule has 0 bridgehead atoms. The Morgan fingerprint density at radius 2 is 1.94 bits per heavy atom. The van der Waals surface area contributed by atoms with Crippen molar-refractivity contribution in [3.63, 3.8) is 0 Å². The lowest BCUT2D eigenvalue weighted by molar-refractivity contribution is -0.385. The Kier molecular flexibility index (Phi) is 6.91. The molecule has 11 nitrogen and oxygen atoms in total. The van der Waals surface area contributed by atoms with Crippen molar-refractivity contribution in [2.45, 2.75) is 31.6 Å². The molecule has 32 heavy (non-hydrogen) atoms. The Labute approximate surface area is 188 Å². The summed E-state index contributed by atoms with van der Waals surface area (Å²) >= 11 is 1.01. The highest BCUT2D eigenvalue weighted by atomic mass is 32.2. The van der Waals surface area contributed by atoms with Crippen LogP contribution in [0.2, 0.25) is 0 Å². The van der Waals surface area contributed by atoms with Gasteiger partial charge in [-0.1, -0.05) is 17.4 Å². The van der Waals surface area contributed by atoms with Crippen molar-refractivity contribution in [1.29, 1.82) is 0 Å². The van der Waals surface area contributed by atoms with Crippen molar-refractivity contribution < 1.29 is 27.7 Å². The van der Waals surface area contributed by atoms with E-state index < -0.39 is 26.8 Å². The van der Waals surface area contributed by atoms with E-state index in [9.17, 15) is 28.1 Å². The van der Waals surface area contributed by atoms with Gasteiger partial charge in [0.05, 0.1) is 22.6 Å². The van der Waals surface area contributed by atoms with Crippen LogP contribution in [0.1, 0.15) is 33.8 Å². The molecule has 172 valence electrons. The van der Waals surface area contributed by atoms with Crippen LogP contribution in [0.3, 0.4) is 0 Å². The third kappa shape index (κ3) is 4.79. The van der Waals surface area contributed by atoms with E-state index in [1.165, 1.54) is 23.5 Å². The lowest BCUT2D eigenvalue weighted by Crippen LogP contribution is -2.41. The van der Waals surface area contributed by atoms with E-state index in [2.05, 4.69) is 15.0 Å². The number of nitrogens with one attached hydrogen (secondary N) is 1. The van der Waals surface area contributed by atoms with Crippen LogP contribution >= 0.6 is 11.3 Å². The fourth-order valence-corrected chi connectivity index (χ4v) is 6.02. The molecule has 1 aliphatic rings. The predicted molar refractivity (Wildman–Crippen MR) is 116 cm³/mol. The predicted octanol–water partition coefficient (Wildman–Crippen LogP) is 2.49. The largest absolute Gasteiger partial charge is 0.465 e. The van der Waals surface area contributed by atoms with Gasteiger partial charge < -0.3 is 10.1 Å². The molecule has 1 fully saturated rings. The molecule has 0 unspecified atom stereocenters. The molecule has 1 aromatic heterocycles. The van der Waals surface area contributed by atoms with Crippen LogP contribution in [0.25, 0.3) is 0 Å². The number of carbonyl (C=O) groups excluding carboxylic acids is 2. The maximum absolute atomic E-state index is 13.0. The highest BCUT2D eigenvalue weighted by molar-refractivity contribution is 7.89. The first kappa shape index (κ1) is 23.8. The third-order valence-electron chi connectivity index (χ3n) is 5.22. The van der Waals surface area contributed by atoms with Crippen molar-refractivity contribution >= 4 is 44.1 Å². The van der Waals surface area contributed by atoms with Gasteiger partial charge in [-0.05, 0) is 32.3 Å². The van der Waals surface area contributed by atoms with Crippen LogP contribution in [0.4, 0.5) is 10.8 Å². The molecule has 1 amide bonds. The van der Waals surface area contributed by atoms with Gasteiger partial charge in [-0.3, -0.25) is 14.9 Å². The van der Waals surface area contributed by atoms with Crippen LogP contribution in [0, 0.1) is 29.9 Å². The molecule has 1 aliphatic heterocycles. The number of esters is 1. The molecular formula is C19H22N4O7S2. The van der Waals surface area contributed by atoms with Crippen molar-refractivity contribution in [2.75, 3.05) is 25.5 Å². The first-order valence-electron chi connectivity index (χ1n) is 9.66. The Morgan fingerprint density at radius 3 is 2.53 bits per heavy atom. The normalized spacial score (nSPS) is 15.3. The number of aromatic nitrogens is 1. The van der Waals surface area contributed by atoms with Crippen molar-refractivity contribution in [3.05, 3.63) is 44.4 Å². The number of ether oxygens (including phenoxy) is 1. The minimum Gasteiger partial charge on any atom is -0.465 e. The average molecular weight is 483 g/mol. The monoisotopic (exact) mass is 482 g/mol. The second-order valence-corrected chi connectivity index (χ2v) is 10.2. The van der Waals surface area contributed by atoms with E-state index in [0.717, 1.165) is 17.4 Å². The zero-order chi connectivity index (χ0) is 23.6. The molecule has 0 atom stereocenters. The van der Waals surface area contributed by atoms with Crippen molar-refractivity contribution in [3.8, 4) is 0 Å². The average Bonchev–Trinajstić information content (AvgIpc) is 3.13. The topological polar surface area (TPSA) is 149 Å². The Hall–Kier alpha value is -2.90. The molecule has 0 spiro atoms. The highest BCUT2D eigenvalue weighted by Gasteiger charge is 2.34. The summed E-state index contributed by atoms with van der Waals surface area (Å²) in [5.41, 5.74) is 0.565. The summed E-state index contributed by atoms with van der Waals surface area (Å²) in [5.74, 6) is -1.27. The molecule has 3 rings (SSSR count). The molecule has 0 radical (unpaired) electrons. The lowest BCUT2D eigenvalue weighted by atomic mass is 9.97. The number of methoxy groups -OCH3 is 1. The summed E-state index contributed by atoms with van der Waals surface area (Å²) in [5, 5.41) is 14.0. The Balaban J connectivity index is 1.67. The van der Waals surface area contributed by atoms with Gasteiger partial charge in [-0.25, -0.2) is 18.2 Å². The van der Waals surface area contributed by atoms with Crippen LogP contribution in [0.15, 0.2) is 23.1 Å². The van der Waals surface area contributed by atoms with Crippen LogP contribution in [-0.2, 0) is 19.6 Å². The van der Waals surface area contributed by atoms with Crippen LogP contribution in [0.5, 0.6) is 0 Å². The van der Waals surface area contributed by atoms with E-state index in [1.807, 2.05) is 0 Å². The molecule has 2 aromatic rings. The summed E-state index contributed by atoms with van der Waals surface area (Å²) in [4.78, 5) is 39.1. The van der Waals surface area contributed by atoms with E-state index in [1.54, 1.807) is 13.8 Å². The minimum absolute atomic E-state index is 0.104. The number of nitrogens with zero attached hydrogens (tertiary/aromatic N) is 3. The van der Waals surface area contributed by atoms with Gasteiger partial charge in [0.25, 0.3) is 5.69 Å². The van der Waals surface area contributed by atoms with E-state index >= 15 is 0 Å². The van der Waals surface area contributed by atoms with Crippen LogP contribution in [-0.4, -0.2) is 54.7 Å². The number of rotatable bonds is 6. The maximum Gasteiger partial charge on any atom is 0.350 e. The van der Waals surface area contributed by atoms with Gasteiger partial charge in [0, 0.05) is 31.1 Å². The Bertz CT molecular complexity index is 1170. The molecule has 1 aromatic carbocycles. The standard InChI is InChI=1S/C19H22N4O7S2/c1-11-4-5-14(23(26)27)10-15(11)32(28,29)22-8-6-13(7-9-22)17(24)21-19-20-12(2)16(31-19)18(25)30-3/h4-5,10,13H,6-9H2,1-3H3,(H,20,21,24). The van der Waals surface area contributed by atoms with Gasteiger partial charge in [-0.2, -0.15) is 4.31 Å². The number of sulfonamides is 1. The number of carbonyl (C=O) groups is 2. The summed E-state index contributed by atoms with van der Waals surface area (Å²) < 4.78 is 32.0. The smallest absolute Gasteiger partial charge is 0.350 e. The molecular weight excluding hydrogens is 460 g/mol. The Morgan fingerprint density at radius 1 is 1.28 bits per heavy atom. The summed E-state index contributed by atoms with van der Waals surface area (Å²) in [6, 6.07) is 3.73. The number of benzene rings is 1.